The van der Waals surface area contributed by atoms with Gasteiger partial charge in [0, 0.05) is 30.3 Å². The lowest BCUT2D eigenvalue weighted by Crippen LogP contribution is -2.42. The summed E-state index contributed by atoms with van der Waals surface area (Å²) in [5, 5.41) is 9.02. The van der Waals surface area contributed by atoms with E-state index in [1.807, 2.05) is 12.1 Å². The van der Waals surface area contributed by atoms with Crippen LogP contribution in [0.1, 0.15) is 17.5 Å². The van der Waals surface area contributed by atoms with E-state index in [9.17, 15) is 9.59 Å². The van der Waals surface area contributed by atoms with Crippen molar-refractivity contribution in [2.45, 2.75) is 25.3 Å². The summed E-state index contributed by atoms with van der Waals surface area (Å²) in [5.41, 5.74) is 3.30. The fourth-order valence-electron chi connectivity index (χ4n) is 2.61. The molecular formula is C15H19N3O2S. The summed E-state index contributed by atoms with van der Waals surface area (Å²) in [7, 11) is 0. The fraction of sp³-hybridized carbons (Fsp3) is 0.467. The van der Waals surface area contributed by atoms with Gasteiger partial charge in [-0.05, 0) is 30.0 Å². The number of amides is 2. The van der Waals surface area contributed by atoms with Gasteiger partial charge in [-0.2, -0.15) is 0 Å². The van der Waals surface area contributed by atoms with E-state index in [1.54, 1.807) is 11.8 Å². The van der Waals surface area contributed by atoms with Crippen molar-refractivity contribution < 1.29 is 9.59 Å². The molecule has 3 rings (SSSR count). The molecule has 3 N–H and O–H groups in total. The van der Waals surface area contributed by atoms with Crippen molar-refractivity contribution in [3.63, 3.8) is 0 Å². The molecule has 2 aliphatic rings. The number of carbonyl (C=O) groups excluding carboxylic acids is 2. The average molecular weight is 305 g/mol. The standard InChI is InChI=1S/C15H19N3O2S/c19-14-4-2-11-7-10(1-3-12(11)18-14)5-6-16-15(20)13-8-21-9-17-13/h1,3,7,13,17H,2,4-6,8-9H2,(H,16,20)(H,18,19). The van der Waals surface area contributed by atoms with E-state index in [-0.39, 0.29) is 17.9 Å². The molecule has 1 aromatic rings. The number of hydrogen-bond donors (Lipinski definition) is 3. The third-order valence-electron chi connectivity index (χ3n) is 3.81. The second kappa shape index (κ2) is 6.49. The zero-order valence-electron chi connectivity index (χ0n) is 11.8. The first-order chi connectivity index (χ1) is 10.2. The quantitative estimate of drug-likeness (QED) is 0.773. The highest BCUT2D eigenvalue weighted by molar-refractivity contribution is 7.99. The van der Waals surface area contributed by atoms with Gasteiger partial charge in [0.15, 0.2) is 0 Å². The van der Waals surface area contributed by atoms with Gasteiger partial charge in [0.05, 0.1) is 6.04 Å². The Morgan fingerprint density at radius 1 is 1.38 bits per heavy atom. The molecule has 0 radical (unpaired) electrons. The first-order valence-corrected chi connectivity index (χ1v) is 8.38. The first-order valence-electron chi connectivity index (χ1n) is 7.23. The SMILES string of the molecule is O=C1CCc2cc(CCNC(=O)C3CSCN3)ccc2N1. The van der Waals surface area contributed by atoms with Gasteiger partial charge in [0.2, 0.25) is 11.8 Å². The monoisotopic (exact) mass is 305 g/mol. The third-order valence-corrected chi connectivity index (χ3v) is 4.75. The van der Waals surface area contributed by atoms with Crippen LogP contribution in [0.25, 0.3) is 0 Å². The lowest BCUT2D eigenvalue weighted by molar-refractivity contribution is -0.122. The van der Waals surface area contributed by atoms with Crippen LogP contribution >= 0.6 is 11.8 Å². The maximum atomic E-state index is 11.9. The Morgan fingerprint density at radius 2 is 2.29 bits per heavy atom. The van der Waals surface area contributed by atoms with Gasteiger partial charge in [-0.1, -0.05) is 12.1 Å². The van der Waals surface area contributed by atoms with Crippen LogP contribution in [0.5, 0.6) is 0 Å². The Hall–Kier alpha value is -1.53. The molecule has 0 spiro atoms. The van der Waals surface area contributed by atoms with Crippen molar-refractivity contribution in [3.05, 3.63) is 29.3 Å². The number of carbonyl (C=O) groups is 2. The van der Waals surface area contributed by atoms with Crippen molar-refractivity contribution in [1.82, 2.24) is 10.6 Å². The zero-order chi connectivity index (χ0) is 14.7. The van der Waals surface area contributed by atoms with Crippen molar-refractivity contribution in [2.75, 3.05) is 23.5 Å². The minimum absolute atomic E-state index is 0.0475. The Labute approximate surface area is 128 Å². The van der Waals surface area contributed by atoms with Gasteiger partial charge in [-0.15, -0.1) is 11.8 Å². The maximum Gasteiger partial charge on any atom is 0.238 e. The molecule has 2 aliphatic heterocycles. The van der Waals surface area contributed by atoms with Crippen molar-refractivity contribution >= 4 is 29.3 Å². The highest BCUT2D eigenvalue weighted by Gasteiger charge is 2.21. The molecule has 0 bridgehead atoms. The highest BCUT2D eigenvalue weighted by Crippen LogP contribution is 2.23. The number of aryl methyl sites for hydroxylation is 1. The predicted molar refractivity (Wildman–Crippen MR) is 84.4 cm³/mol. The summed E-state index contributed by atoms with van der Waals surface area (Å²) in [5.74, 6) is 1.88. The largest absolute Gasteiger partial charge is 0.354 e. The summed E-state index contributed by atoms with van der Waals surface area (Å²) in [6.07, 6.45) is 2.16. The van der Waals surface area contributed by atoms with Gasteiger partial charge in [-0.3, -0.25) is 14.9 Å². The van der Waals surface area contributed by atoms with E-state index in [1.165, 1.54) is 11.1 Å². The predicted octanol–water partition coefficient (Wildman–Crippen LogP) is 0.892. The molecule has 0 aliphatic carbocycles. The summed E-state index contributed by atoms with van der Waals surface area (Å²) in [6.45, 7) is 0.646. The summed E-state index contributed by atoms with van der Waals surface area (Å²) >= 11 is 1.75. The highest BCUT2D eigenvalue weighted by atomic mass is 32.2. The molecule has 0 aromatic heterocycles. The van der Waals surface area contributed by atoms with E-state index < -0.39 is 0 Å². The molecule has 2 amide bonds. The Balaban J connectivity index is 1.51. The molecular weight excluding hydrogens is 286 g/mol. The van der Waals surface area contributed by atoms with E-state index >= 15 is 0 Å². The Kier molecular flexibility index (Phi) is 4.45. The molecule has 1 unspecified atom stereocenters. The van der Waals surface area contributed by atoms with Crippen LogP contribution in [0.3, 0.4) is 0 Å². The molecule has 1 aromatic carbocycles. The normalized spacial score (nSPS) is 20.8. The second-order valence-electron chi connectivity index (χ2n) is 5.35. The molecule has 1 atom stereocenters. The first kappa shape index (κ1) is 14.4. The lowest BCUT2D eigenvalue weighted by atomic mass is 9.99. The second-order valence-corrected chi connectivity index (χ2v) is 6.38. The number of thioether (sulfide) groups is 1. The molecule has 2 heterocycles. The van der Waals surface area contributed by atoms with Crippen LogP contribution in [0.2, 0.25) is 0 Å². The number of anilines is 1. The van der Waals surface area contributed by atoms with Crippen LogP contribution in [-0.2, 0) is 22.4 Å². The molecule has 1 saturated heterocycles. The van der Waals surface area contributed by atoms with Crippen molar-refractivity contribution in [1.29, 1.82) is 0 Å². The lowest BCUT2D eigenvalue weighted by Gasteiger charge is -2.17. The minimum Gasteiger partial charge on any atom is -0.354 e. The summed E-state index contributed by atoms with van der Waals surface area (Å²) < 4.78 is 0. The number of fused-ring (bicyclic) bond motifs is 1. The van der Waals surface area contributed by atoms with Gasteiger partial charge in [0.25, 0.3) is 0 Å². The van der Waals surface area contributed by atoms with Gasteiger partial charge < -0.3 is 10.6 Å². The third kappa shape index (κ3) is 3.57. The number of rotatable bonds is 4. The van der Waals surface area contributed by atoms with Gasteiger partial charge in [-0.25, -0.2) is 0 Å². The van der Waals surface area contributed by atoms with E-state index in [4.69, 9.17) is 0 Å². The van der Waals surface area contributed by atoms with Crippen LogP contribution < -0.4 is 16.0 Å². The van der Waals surface area contributed by atoms with E-state index in [2.05, 4.69) is 22.0 Å². The Morgan fingerprint density at radius 3 is 3.10 bits per heavy atom. The van der Waals surface area contributed by atoms with Crippen LogP contribution in [0, 0.1) is 0 Å². The average Bonchev–Trinajstić information content (AvgIpc) is 3.01. The molecule has 1 fully saturated rings. The van der Waals surface area contributed by atoms with Crippen LogP contribution in [0.15, 0.2) is 18.2 Å². The minimum atomic E-state index is -0.0475. The van der Waals surface area contributed by atoms with Crippen LogP contribution in [-0.4, -0.2) is 36.0 Å². The molecule has 5 nitrogen and oxygen atoms in total. The van der Waals surface area contributed by atoms with E-state index in [0.29, 0.717) is 13.0 Å². The number of hydrogen-bond acceptors (Lipinski definition) is 4. The Bertz CT molecular complexity index is 556. The maximum absolute atomic E-state index is 11.9. The number of nitrogens with one attached hydrogen (secondary N) is 3. The molecule has 6 heteroatoms. The smallest absolute Gasteiger partial charge is 0.238 e. The van der Waals surface area contributed by atoms with Crippen molar-refractivity contribution in [3.8, 4) is 0 Å². The summed E-state index contributed by atoms with van der Waals surface area (Å²) in [6, 6.07) is 6.05. The molecule has 112 valence electrons. The van der Waals surface area contributed by atoms with Gasteiger partial charge >= 0.3 is 0 Å². The fourth-order valence-corrected chi connectivity index (χ4v) is 3.55. The van der Waals surface area contributed by atoms with Crippen molar-refractivity contribution in [2.24, 2.45) is 0 Å². The van der Waals surface area contributed by atoms with Gasteiger partial charge in [0.1, 0.15) is 0 Å². The molecule has 0 saturated carbocycles. The topological polar surface area (TPSA) is 70.2 Å². The van der Waals surface area contributed by atoms with Crippen LogP contribution in [0.4, 0.5) is 5.69 Å². The zero-order valence-corrected chi connectivity index (χ0v) is 12.6. The van der Waals surface area contributed by atoms with E-state index in [0.717, 1.165) is 30.2 Å². The summed E-state index contributed by atoms with van der Waals surface area (Å²) in [4.78, 5) is 23.2. The molecule has 21 heavy (non-hydrogen) atoms. The number of benzene rings is 1.